The molecule has 1 aliphatic rings. The number of carbonyl (C=O) groups is 1. The van der Waals surface area contributed by atoms with Gasteiger partial charge >= 0.3 is 0 Å². The van der Waals surface area contributed by atoms with Crippen LogP contribution >= 0.6 is 11.6 Å². The summed E-state index contributed by atoms with van der Waals surface area (Å²) in [5.74, 6) is -0.146. The van der Waals surface area contributed by atoms with Gasteiger partial charge in [0, 0.05) is 33.8 Å². The second kappa shape index (κ2) is 4.90. The fraction of sp³-hybridized carbons (Fsp3) is 0. The molecule has 3 rings (SSSR count). The standard InChI is InChI=1S/C15H12ClN3O/c16-9-1-4-11(5-2-9)18-8-13-12-7-10(17)3-6-14(12)19-15(13)20/h1-8,18H,17H2,(H,19,20)/b13-8-. The third-order valence-corrected chi connectivity index (χ3v) is 3.31. The molecule has 0 bridgehead atoms. The topological polar surface area (TPSA) is 67.1 Å². The quantitative estimate of drug-likeness (QED) is 0.586. The third kappa shape index (κ3) is 2.33. The Bertz CT molecular complexity index is 708. The Balaban J connectivity index is 1.90. The van der Waals surface area contributed by atoms with E-state index in [4.69, 9.17) is 17.3 Å². The first-order valence-corrected chi connectivity index (χ1v) is 6.45. The fourth-order valence-corrected chi connectivity index (χ4v) is 2.18. The summed E-state index contributed by atoms with van der Waals surface area (Å²) < 4.78 is 0. The maximum Gasteiger partial charge on any atom is 0.257 e. The Morgan fingerprint density at radius 2 is 1.90 bits per heavy atom. The first-order valence-electron chi connectivity index (χ1n) is 6.07. The van der Waals surface area contributed by atoms with E-state index in [0.29, 0.717) is 16.3 Å². The Morgan fingerprint density at radius 3 is 2.65 bits per heavy atom. The molecule has 0 unspecified atom stereocenters. The van der Waals surface area contributed by atoms with E-state index in [1.165, 1.54) is 0 Å². The van der Waals surface area contributed by atoms with Gasteiger partial charge in [-0.3, -0.25) is 4.79 Å². The van der Waals surface area contributed by atoms with Crippen molar-refractivity contribution >= 4 is 40.1 Å². The van der Waals surface area contributed by atoms with Crippen molar-refractivity contribution in [1.29, 1.82) is 0 Å². The first kappa shape index (κ1) is 12.6. The average Bonchev–Trinajstić information content (AvgIpc) is 2.73. The zero-order chi connectivity index (χ0) is 14.1. The number of anilines is 3. The lowest BCUT2D eigenvalue weighted by Crippen LogP contribution is -2.05. The molecule has 0 aromatic heterocycles. The zero-order valence-corrected chi connectivity index (χ0v) is 11.2. The van der Waals surface area contributed by atoms with E-state index >= 15 is 0 Å². The van der Waals surface area contributed by atoms with E-state index in [1.54, 1.807) is 36.5 Å². The molecular weight excluding hydrogens is 274 g/mol. The molecule has 0 saturated heterocycles. The molecule has 4 nitrogen and oxygen atoms in total. The molecule has 0 atom stereocenters. The van der Waals surface area contributed by atoms with Gasteiger partial charge in [0.2, 0.25) is 0 Å². The van der Waals surface area contributed by atoms with Crippen molar-refractivity contribution in [3.05, 3.63) is 59.3 Å². The molecule has 20 heavy (non-hydrogen) atoms. The number of nitrogens with one attached hydrogen (secondary N) is 2. The van der Waals surface area contributed by atoms with Crippen LogP contribution in [0.15, 0.2) is 48.7 Å². The van der Waals surface area contributed by atoms with Crippen LogP contribution in [0.4, 0.5) is 17.1 Å². The van der Waals surface area contributed by atoms with E-state index in [2.05, 4.69) is 10.6 Å². The highest BCUT2D eigenvalue weighted by atomic mass is 35.5. The number of nitrogens with two attached hydrogens (primary N) is 1. The largest absolute Gasteiger partial charge is 0.399 e. The maximum absolute atomic E-state index is 11.9. The van der Waals surface area contributed by atoms with Crippen molar-refractivity contribution in [2.75, 3.05) is 16.4 Å². The Hall–Kier alpha value is -2.46. The van der Waals surface area contributed by atoms with Crippen LogP contribution in [-0.2, 0) is 4.79 Å². The highest BCUT2D eigenvalue weighted by molar-refractivity contribution is 6.32. The minimum absolute atomic E-state index is 0.146. The van der Waals surface area contributed by atoms with Crippen LogP contribution in [0.2, 0.25) is 5.02 Å². The van der Waals surface area contributed by atoms with Crippen LogP contribution in [0.1, 0.15) is 5.56 Å². The molecule has 0 radical (unpaired) electrons. The number of halogens is 1. The molecule has 0 fully saturated rings. The summed E-state index contributed by atoms with van der Waals surface area (Å²) >= 11 is 5.83. The predicted molar refractivity (Wildman–Crippen MR) is 82.5 cm³/mol. The van der Waals surface area contributed by atoms with Gasteiger partial charge in [0.05, 0.1) is 5.57 Å². The summed E-state index contributed by atoms with van der Waals surface area (Å²) in [6, 6.07) is 12.6. The van der Waals surface area contributed by atoms with Gasteiger partial charge < -0.3 is 16.4 Å². The van der Waals surface area contributed by atoms with Gasteiger partial charge in [-0.1, -0.05) is 11.6 Å². The number of benzene rings is 2. The van der Waals surface area contributed by atoms with Gasteiger partial charge in [-0.05, 0) is 42.5 Å². The molecule has 0 saturated carbocycles. The predicted octanol–water partition coefficient (Wildman–Crippen LogP) is 3.33. The lowest BCUT2D eigenvalue weighted by atomic mass is 10.1. The maximum atomic E-state index is 11.9. The van der Waals surface area contributed by atoms with Crippen molar-refractivity contribution in [1.82, 2.24) is 0 Å². The number of carbonyl (C=O) groups excluding carboxylic acids is 1. The molecule has 0 spiro atoms. The van der Waals surface area contributed by atoms with E-state index < -0.39 is 0 Å². The number of nitrogen functional groups attached to an aromatic ring is 1. The molecule has 1 heterocycles. The fourth-order valence-electron chi connectivity index (χ4n) is 2.05. The lowest BCUT2D eigenvalue weighted by molar-refractivity contribution is -0.110. The smallest absolute Gasteiger partial charge is 0.257 e. The molecule has 1 amide bonds. The summed E-state index contributed by atoms with van der Waals surface area (Å²) in [7, 11) is 0. The second-order valence-electron chi connectivity index (χ2n) is 4.47. The van der Waals surface area contributed by atoms with Crippen LogP contribution in [0.3, 0.4) is 0 Å². The van der Waals surface area contributed by atoms with Gasteiger partial charge in [-0.15, -0.1) is 0 Å². The molecule has 2 aromatic rings. The lowest BCUT2D eigenvalue weighted by Gasteiger charge is -2.03. The highest BCUT2D eigenvalue weighted by Gasteiger charge is 2.23. The summed E-state index contributed by atoms with van der Waals surface area (Å²) in [4.78, 5) is 11.9. The van der Waals surface area contributed by atoms with Crippen molar-refractivity contribution < 1.29 is 4.79 Å². The van der Waals surface area contributed by atoms with Crippen molar-refractivity contribution in [3.63, 3.8) is 0 Å². The average molecular weight is 286 g/mol. The number of amides is 1. The SMILES string of the molecule is Nc1ccc2c(c1)/C(=C/Nc1ccc(Cl)cc1)C(=O)N2. The van der Waals surface area contributed by atoms with E-state index in [-0.39, 0.29) is 5.91 Å². The Labute approximate surface area is 121 Å². The molecular formula is C15H12ClN3O. The first-order chi connectivity index (χ1) is 9.63. The van der Waals surface area contributed by atoms with Gasteiger partial charge in [-0.25, -0.2) is 0 Å². The summed E-state index contributed by atoms with van der Waals surface area (Å²) in [6.45, 7) is 0. The number of fused-ring (bicyclic) bond motifs is 1. The van der Waals surface area contributed by atoms with Crippen LogP contribution in [0.5, 0.6) is 0 Å². The van der Waals surface area contributed by atoms with E-state index in [0.717, 1.165) is 16.9 Å². The van der Waals surface area contributed by atoms with Crippen LogP contribution in [0, 0.1) is 0 Å². The monoisotopic (exact) mass is 285 g/mol. The normalized spacial score (nSPS) is 15.1. The summed E-state index contributed by atoms with van der Waals surface area (Å²) in [6.07, 6.45) is 1.67. The summed E-state index contributed by atoms with van der Waals surface area (Å²) in [5.41, 5.74) is 9.37. The third-order valence-electron chi connectivity index (χ3n) is 3.05. The molecule has 2 aromatic carbocycles. The van der Waals surface area contributed by atoms with Crippen LogP contribution in [0.25, 0.3) is 5.57 Å². The Morgan fingerprint density at radius 1 is 1.15 bits per heavy atom. The van der Waals surface area contributed by atoms with Gasteiger partial charge in [0.15, 0.2) is 0 Å². The van der Waals surface area contributed by atoms with Gasteiger partial charge in [-0.2, -0.15) is 0 Å². The molecule has 100 valence electrons. The molecule has 4 N–H and O–H groups in total. The number of rotatable bonds is 2. The van der Waals surface area contributed by atoms with Crippen LogP contribution in [-0.4, -0.2) is 5.91 Å². The van der Waals surface area contributed by atoms with Crippen molar-refractivity contribution in [2.24, 2.45) is 0 Å². The molecule has 0 aliphatic carbocycles. The second-order valence-corrected chi connectivity index (χ2v) is 4.90. The zero-order valence-electron chi connectivity index (χ0n) is 10.5. The van der Waals surface area contributed by atoms with Crippen molar-refractivity contribution in [2.45, 2.75) is 0 Å². The van der Waals surface area contributed by atoms with E-state index in [1.807, 2.05) is 12.1 Å². The molecule has 1 aliphatic heterocycles. The highest BCUT2D eigenvalue weighted by Crippen LogP contribution is 2.33. The summed E-state index contributed by atoms with van der Waals surface area (Å²) in [5, 5.41) is 6.55. The minimum Gasteiger partial charge on any atom is -0.399 e. The minimum atomic E-state index is -0.146. The van der Waals surface area contributed by atoms with Crippen LogP contribution < -0.4 is 16.4 Å². The van der Waals surface area contributed by atoms with E-state index in [9.17, 15) is 4.79 Å². The number of hydrogen-bond donors (Lipinski definition) is 3. The molecule has 5 heteroatoms. The Kier molecular flexibility index (Phi) is 3.08. The number of hydrogen-bond acceptors (Lipinski definition) is 3. The van der Waals surface area contributed by atoms with Crippen molar-refractivity contribution in [3.8, 4) is 0 Å². The van der Waals surface area contributed by atoms with Gasteiger partial charge in [0.25, 0.3) is 5.91 Å². The van der Waals surface area contributed by atoms with Gasteiger partial charge in [0.1, 0.15) is 0 Å².